The van der Waals surface area contributed by atoms with Gasteiger partial charge in [-0.2, -0.15) is 11.3 Å². The molecule has 0 aliphatic carbocycles. The zero-order valence-corrected chi connectivity index (χ0v) is 14.4. The van der Waals surface area contributed by atoms with Crippen LogP contribution in [0.2, 0.25) is 0 Å². The number of pyridine rings is 1. The van der Waals surface area contributed by atoms with Crippen LogP contribution >= 0.6 is 27.3 Å². The molecule has 1 N–H and O–H groups in total. The minimum absolute atomic E-state index is 0.223. The predicted octanol–water partition coefficient (Wildman–Crippen LogP) is 5.32. The SMILES string of the molecule is O=C(Nc1cc(-c2ccsc2)c(Br)cn1)OCc1ccccc1. The maximum Gasteiger partial charge on any atom is 0.413 e. The molecule has 0 bridgehead atoms. The summed E-state index contributed by atoms with van der Waals surface area (Å²) in [7, 11) is 0. The van der Waals surface area contributed by atoms with Gasteiger partial charge >= 0.3 is 6.09 Å². The predicted molar refractivity (Wildman–Crippen MR) is 95.5 cm³/mol. The first-order valence-corrected chi connectivity index (χ1v) is 8.62. The lowest BCUT2D eigenvalue weighted by Crippen LogP contribution is -2.14. The van der Waals surface area contributed by atoms with Crippen LogP contribution in [0.4, 0.5) is 10.6 Å². The molecule has 0 fully saturated rings. The summed E-state index contributed by atoms with van der Waals surface area (Å²) < 4.78 is 6.07. The van der Waals surface area contributed by atoms with E-state index in [1.165, 1.54) is 0 Å². The molecular weight excluding hydrogens is 376 g/mol. The fourth-order valence-corrected chi connectivity index (χ4v) is 3.11. The van der Waals surface area contributed by atoms with E-state index in [1.54, 1.807) is 17.5 Å². The molecular formula is C17H13BrN2O2S. The maximum absolute atomic E-state index is 11.9. The number of halogens is 1. The molecule has 116 valence electrons. The average molecular weight is 389 g/mol. The fraction of sp³-hybridized carbons (Fsp3) is 0.0588. The number of thiophene rings is 1. The number of nitrogens with zero attached hydrogens (tertiary/aromatic N) is 1. The van der Waals surface area contributed by atoms with E-state index in [4.69, 9.17) is 4.74 Å². The number of hydrogen-bond acceptors (Lipinski definition) is 4. The first-order chi connectivity index (χ1) is 11.2. The molecule has 3 aromatic rings. The normalized spacial score (nSPS) is 10.3. The van der Waals surface area contributed by atoms with Crippen LogP contribution in [0.25, 0.3) is 11.1 Å². The van der Waals surface area contributed by atoms with Crippen molar-refractivity contribution in [3.8, 4) is 11.1 Å². The summed E-state index contributed by atoms with van der Waals surface area (Å²) in [5.74, 6) is 0.451. The second-order valence-electron chi connectivity index (χ2n) is 4.75. The van der Waals surface area contributed by atoms with Gasteiger partial charge in [-0.3, -0.25) is 5.32 Å². The number of hydrogen-bond donors (Lipinski definition) is 1. The van der Waals surface area contributed by atoms with Crippen molar-refractivity contribution in [2.45, 2.75) is 6.61 Å². The van der Waals surface area contributed by atoms with Crippen molar-refractivity contribution in [3.63, 3.8) is 0 Å². The van der Waals surface area contributed by atoms with Gasteiger partial charge in [-0.15, -0.1) is 0 Å². The third kappa shape index (κ3) is 4.18. The molecule has 4 nitrogen and oxygen atoms in total. The Labute approximate surface area is 146 Å². The van der Waals surface area contributed by atoms with E-state index in [0.717, 1.165) is 21.2 Å². The highest BCUT2D eigenvalue weighted by Crippen LogP contribution is 2.30. The first kappa shape index (κ1) is 15.7. The van der Waals surface area contributed by atoms with E-state index in [9.17, 15) is 4.79 Å². The minimum Gasteiger partial charge on any atom is -0.444 e. The van der Waals surface area contributed by atoms with Crippen molar-refractivity contribution in [1.29, 1.82) is 0 Å². The molecule has 1 amide bonds. The van der Waals surface area contributed by atoms with Crippen LogP contribution < -0.4 is 5.32 Å². The molecule has 0 saturated heterocycles. The Hall–Kier alpha value is -2.18. The van der Waals surface area contributed by atoms with Gasteiger partial charge in [0, 0.05) is 16.2 Å². The summed E-state index contributed by atoms with van der Waals surface area (Å²) in [6.07, 6.45) is 1.14. The van der Waals surface area contributed by atoms with Crippen LogP contribution in [-0.4, -0.2) is 11.1 Å². The number of aromatic nitrogens is 1. The van der Waals surface area contributed by atoms with Gasteiger partial charge in [0.05, 0.1) is 0 Å². The standard InChI is InChI=1S/C17H13BrN2O2S/c18-15-9-19-16(8-14(15)13-6-7-23-11-13)20-17(21)22-10-12-4-2-1-3-5-12/h1-9,11H,10H2,(H,19,20,21). The van der Waals surface area contributed by atoms with Crippen molar-refractivity contribution in [2.75, 3.05) is 5.32 Å². The Bertz CT molecular complexity index is 792. The van der Waals surface area contributed by atoms with Crippen LogP contribution in [-0.2, 0) is 11.3 Å². The van der Waals surface area contributed by atoms with Gasteiger partial charge in [-0.05, 0) is 49.9 Å². The van der Waals surface area contributed by atoms with E-state index < -0.39 is 6.09 Å². The number of ether oxygens (including phenoxy) is 1. The second kappa shape index (κ2) is 7.39. The summed E-state index contributed by atoms with van der Waals surface area (Å²) in [6.45, 7) is 0.223. The Morgan fingerprint density at radius 2 is 2.09 bits per heavy atom. The molecule has 0 aliphatic rings. The van der Waals surface area contributed by atoms with Crippen molar-refractivity contribution in [3.05, 3.63) is 69.5 Å². The van der Waals surface area contributed by atoms with Crippen molar-refractivity contribution in [1.82, 2.24) is 4.98 Å². The summed E-state index contributed by atoms with van der Waals surface area (Å²) in [6, 6.07) is 13.4. The molecule has 0 spiro atoms. The number of amides is 1. The van der Waals surface area contributed by atoms with Gasteiger partial charge < -0.3 is 4.74 Å². The molecule has 3 rings (SSSR count). The third-order valence-electron chi connectivity index (χ3n) is 3.13. The Morgan fingerprint density at radius 1 is 1.26 bits per heavy atom. The van der Waals surface area contributed by atoms with E-state index in [-0.39, 0.29) is 6.61 Å². The highest BCUT2D eigenvalue weighted by Gasteiger charge is 2.09. The maximum atomic E-state index is 11.9. The summed E-state index contributed by atoms with van der Waals surface area (Å²) in [5.41, 5.74) is 2.98. The van der Waals surface area contributed by atoms with Gasteiger partial charge in [0.15, 0.2) is 0 Å². The largest absolute Gasteiger partial charge is 0.444 e. The second-order valence-corrected chi connectivity index (χ2v) is 6.38. The van der Waals surface area contributed by atoms with Crippen molar-refractivity contribution >= 4 is 39.2 Å². The van der Waals surface area contributed by atoms with Crippen LogP contribution in [0.3, 0.4) is 0 Å². The van der Waals surface area contributed by atoms with Crippen molar-refractivity contribution in [2.24, 2.45) is 0 Å². The number of anilines is 1. The van der Waals surface area contributed by atoms with Crippen LogP contribution in [0.5, 0.6) is 0 Å². The molecule has 6 heteroatoms. The lowest BCUT2D eigenvalue weighted by Gasteiger charge is -2.08. The molecule has 0 atom stereocenters. The van der Waals surface area contributed by atoms with Gasteiger partial charge in [0.2, 0.25) is 0 Å². The molecule has 23 heavy (non-hydrogen) atoms. The number of benzene rings is 1. The van der Waals surface area contributed by atoms with Gasteiger partial charge in [-0.25, -0.2) is 9.78 Å². The quantitative estimate of drug-likeness (QED) is 0.657. The molecule has 0 aliphatic heterocycles. The first-order valence-electron chi connectivity index (χ1n) is 6.88. The zero-order valence-electron chi connectivity index (χ0n) is 12.0. The Balaban J connectivity index is 1.66. The fourth-order valence-electron chi connectivity index (χ4n) is 2.01. The topological polar surface area (TPSA) is 51.2 Å². The highest BCUT2D eigenvalue weighted by molar-refractivity contribution is 9.10. The lowest BCUT2D eigenvalue weighted by molar-refractivity contribution is 0.155. The zero-order chi connectivity index (χ0) is 16.1. The van der Waals surface area contributed by atoms with Crippen LogP contribution in [0.1, 0.15) is 5.56 Å². The molecule has 0 radical (unpaired) electrons. The lowest BCUT2D eigenvalue weighted by atomic mass is 10.1. The average Bonchev–Trinajstić information content (AvgIpc) is 3.10. The van der Waals surface area contributed by atoms with E-state index in [0.29, 0.717) is 5.82 Å². The van der Waals surface area contributed by atoms with E-state index in [2.05, 4.69) is 26.2 Å². The van der Waals surface area contributed by atoms with Crippen LogP contribution in [0.15, 0.2) is 63.9 Å². The van der Waals surface area contributed by atoms with Crippen LogP contribution in [0, 0.1) is 0 Å². The Morgan fingerprint density at radius 3 is 2.83 bits per heavy atom. The monoisotopic (exact) mass is 388 g/mol. The highest BCUT2D eigenvalue weighted by atomic mass is 79.9. The van der Waals surface area contributed by atoms with E-state index in [1.807, 2.05) is 53.2 Å². The van der Waals surface area contributed by atoms with E-state index >= 15 is 0 Å². The molecule has 0 saturated carbocycles. The number of carbonyl (C=O) groups excluding carboxylic acids is 1. The van der Waals surface area contributed by atoms with Gasteiger partial charge in [0.1, 0.15) is 12.4 Å². The molecule has 2 aromatic heterocycles. The third-order valence-corrected chi connectivity index (χ3v) is 4.45. The smallest absolute Gasteiger partial charge is 0.413 e. The summed E-state index contributed by atoms with van der Waals surface area (Å²) >= 11 is 5.09. The molecule has 2 heterocycles. The van der Waals surface area contributed by atoms with Gasteiger partial charge in [-0.1, -0.05) is 30.3 Å². The summed E-state index contributed by atoms with van der Waals surface area (Å²) in [5, 5.41) is 6.69. The minimum atomic E-state index is -0.528. The number of carbonyl (C=O) groups is 1. The molecule has 0 unspecified atom stereocenters. The number of rotatable bonds is 4. The van der Waals surface area contributed by atoms with Crippen molar-refractivity contribution < 1.29 is 9.53 Å². The Kier molecular flexibility index (Phi) is 5.05. The number of nitrogens with one attached hydrogen (secondary N) is 1. The van der Waals surface area contributed by atoms with Gasteiger partial charge in [0.25, 0.3) is 0 Å². The summed E-state index contributed by atoms with van der Waals surface area (Å²) in [4.78, 5) is 16.1. The molecule has 1 aromatic carbocycles.